The van der Waals surface area contributed by atoms with Crippen molar-refractivity contribution in [2.24, 2.45) is 5.73 Å². The van der Waals surface area contributed by atoms with Crippen LogP contribution in [0.25, 0.3) is 0 Å². The van der Waals surface area contributed by atoms with Crippen molar-refractivity contribution in [1.29, 1.82) is 0 Å². The monoisotopic (exact) mass is 232 g/mol. The third-order valence-corrected chi connectivity index (χ3v) is 5.03. The number of rotatable bonds is 2. The molecule has 1 heterocycles. The Labute approximate surface area is 89.3 Å². The number of carbonyl (C=O) groups excluding carboxylic acids is 1. The van der Waals surface area contributed by atoms with Crippen LogP contribution in [0.4, 0.5) is 0 Å². The Morgan fingerprint density at radius 2 is 2.07 bits per heavy atom. The Kier molecular flexibility index (Phi) is 2.50. The number of nitrogens with one attached hydrogen (secondary N) is 1. The average Bonchev–Trinajstić information content (AvgIpc) is 2.41. The lowest BCUT2D eigenvalue weighted by Crippen LogP contribution is -2.60. The lowest BCUT2D eigenvalue weighted by molar-refractivity contribution is -0.129. The second-order valence-corrected chi connectivity index (χ2v) is 6.81. The van der Waals surface area contributed by atoms with Crippen molar-refractivity contribution < 1.29 is 13.2 Å². The second kappa shape index (κ2) is 3.45. The molecule has 1 atom stereocenters. The first-order chi connectivity index (χ1) is 6.91. The first-order valence-corrected chi connectivity index (χ1v) is 7.04. The summed E-state index contributed by atoms with van der Waals surface area (Å²) in [6.45, 7) is 0. The molecule has 2 fully saturated rings. The Morgan fingerprint density at radius 1 is 1.40 bits per heavy atom. The van der Waals surface area contributed by atoms with E-state index in [2.05, 4.69) is 5.32 Å². The van der Waals surface area contributed by atoms with Gasteiger partial charge >= 0.3 is 0 Å². The molecule has 1 unspecified atom stereocenters. The van der Waals surface area contributed by atoms with Crippen LogP contribution in [0.3, 0.4) is 0 Å². The SMILES string of the molecule is NC1(C(=O)NC2CCS(=O)(=O)C2)CCC1. The summed E-state index contributed by atoms with van der Waals surface area (Å²) in [6.07, 6.45) is 2.91. The van der Waals surface area contributed by atoms with Crippen LogP contribution in [-0.4, -0.2) is 37.4 Å². The highest BCUT2D eigenvalue weighted by molar-refractivity contribution is 7.91. The molecule has 2 aliphatic rings. The molecule has 1 aliphatic carbocycles. The van der Waals surface area contributed by atoms with Crippen LogP contribution in [0.5, 0.6) is 0 Å². The van der Waals surface area contributed by atoms with E-state index in [1.54, 1.807) is 0 Å². The topological polar surface area (TPSA) is 89.3 Å². The van der Waals surface area contributed by atoms with Crippen LogP contribution in [0.15, 0.2) is 0 Å². The minimum Gasteiger partial charge on any atom is -0.351 e. The van der Waals surface area contributed by atoms with Crippen molar-refractivity contribution in [3.05, 3.63) is 0 Å². The van der Waals surface area contributed by atoms with Crippen molar-refractivity contribution in [2.75, 3.05) is 11.5 Å². The zero-order chi connectivity index (χ0) is 11.1. The van der Waals surface area contributed by atoms with Gasteiger partial charge in [-0.25, -0.2) is 8.42 Å². The molecule has 0 bridgehead atoms. The second-order valence-electron chi connectivity index (χ2n) is 4.58. The molecule has 0 radical (unpaired) electrons. The Bertz CT molecular complexity index is 373. The number of hydrogen-bond acceptors (Lipinski definition) is 4. The Morgan fingerprint density at radius 3 is 2.47 bits per heavy atom. The number of hydrogen-bond donors (Lipinski definition) is 2. The number of sulfone groups is 1. The lowest BCUT2D eigenvalue weighted by Gasteiger charge is -2.36. The van der Waals surface area contributed by atoms with E-state index in [1.807, 2.05) is 0 Å². The van der Waals surface area contributed by atoms with Gasteiger partial charge in [-0.15, -0.1) is 0 Å². The molecule has 0 aromatic carbocycles. The zero-order valence-electron chi connectivity index (χ0n) is 8.53. The molecule has 0 aromatic rings. The molecule has 0 spiro atoms. The van der Waals surface area contributed by atoms with Gasteiger partial charge in [-0.05, 0) is 25.7 Å². The maximum Gasteiger partial charge on any atom is 0.240 e. The van der Waals surface area contributed by atoms with Gasteiger partial charge in [-0.2, -0.15) is 0 Å². The van der Waals surface area contributed by atoms with Crippen LogP contribution in [0, 0.1) is 0 Å². The molecule has 1 aliphatic heterocycles. The van der Waals surface area contributed by atoms with Crippen LogP contribution in [0.1, 0.15) is 25.7 Å². The van der Waals surface area contributed by atoms with E-state index in [-0.39, 0.29) is 23.5 Å². The smallest absolute Gasteiger partial charge is 0.240 e. The van der Waals surface area contributed by atoms with Gasteiger partial charge in [0.05, 0.1) is 17.0 Å². The molecular weight excluding hydrogens is 216 g/mol. The highest BCUT2D eigenvalue weighted by Crippen LogP contribution is 2.29. The highest BCUT2D eigenvalue weighted by Gasteiger charge is 2.41. The van der Waals surface area contributed by atoms with Gasteiger partial charge in [0.2, 0.25) is 5.91 Å². The van der Waals surface area contributed by atoms with E-state index in [0.717, 1.165) is 6.42 Å². The van der Waals surface area contributed by atoms with Gasteiger partial charge in [-0.1, -0.05) is 0 Å². The van der Waals surface area contributed by atoms with Gasteiger partial charge < -0.3 is 11.1 Å². The molecular formula is C9H16N2O3S. The minimum atomic E-state index is -2.93. The van der Waals surface area contributed by atoms with Gasteiger partial charge in [0.25, 0.3) is 0 Å². The number of carbonyl (C=O) groups is 1. The largest absolute Gasteiger partial charge is 0.351 e. The first kappa shape index (κ1) is 10.9. The molecule has 5 nitrogen and oxygen atoms in total. The van der Waals surface area contributed by atoms with Gasteiger partial charge in [-0.3, -0.25) is 4.79 Å². The van der Waals surface area contributed by atoms with Crippen molar-refractivity contribution in [1.82, 2.24) is 5.32 Å². The van der Waals surface area contributed by atoms with E-state index >= 15 is 0 Å². The summed E-state index contributed by atoms with van der Waals surface area (Å²) < 4.78 is 22.3. The number of nitrogens with two attached hydrogens (primary N) is 1. The molecule has 3 N–H and O–H groups in total. The van der Waals surface area contributed by atoms with Crippen molar-refractivity contribution in [3.8, 4) is 0 Å². The standard InChI is InChI=1S/C9H16N2O3S/c10-9(3-1-4-9)8(12)11-7-2-5-15(13,14)6-7/h7H,1-6,10H2,(H,11,12). The molecule has 15 heavy (non-hydrogen) atoms. The predicted octanol–water partition coefficient (Wildman–Crippen LogP) is -0.829. The van der Waals surface area contributed by atoms with Crippen LogP contribution < -0.4 is 11.1 Å². The van der Waals surface area contributed by atoms with E-state index in [0.29, 0.717) is 19.3 Å². The van der Waals surface area contributed by atoms with Gasteiger partial charge in [0, 0.05) is 6.04 Å². The Balaban J connectivity index is 1.91. The van der Waals surface area contributed by atoms with E-state index < -0.39 is 15.4 Å². The lowest BCUT2D eigenvalue weighted by atomic mass is 9.77. The normalized spacial score (nSPS) is 31.9. The molecule has 1 saturated carbocycles. The quantitative estimate of drug-likeness (QED) is 0.650. The Hall–Kier alpha value is -0.620. The van der Waals surface area contributed by atoms with Crippen molar-refractivity contribution in [3.63, 3.8) is 0 Å². The molecule has 86 valence electrons. The summed E-state index contributed by atoms with van der Waals surface area (Å²) in [6, 6.07) is -0.233. The third-order valence-electron chi connectivity index (χ3n) is 3.27. The maximum absolute atomic E-state index is 11.7. The molecule has 2 rings (SSSR count). The van der Waals surface area contributed by atoms with Crippen molar-refractivity contribution >= 4 is 15.7 Å². The summed E-state index contributed by atoms with van der Waals surface area (Å²) >= 11 is 0. The van der Waals surface area contributed by atoms with E-state index in [9.17, 15) is 13.2 Å². The predicted molar refractivity (Wildman–Crippen MR) is 56.0 cm³/mol. The van der Waals surface area contributed by atoms with Crippen LogP contribution in [0.2, 0.25) is 0 Å². The van der Waals surface area contributed by atoms with Gasteiger partial charge in [0.1, 0.15) is 0 Å². The molecule has 0 aromatic heterocycles. The van der Waals surface area contributed by atoms with E-state index in [4.69, 9.17) is 5.73 Å². The fourth-order valence-electron chi connectivity index (χ4n) is 2.02. The highest BCUT2D eigenvalue weighted by atomic mass is 32.2. The number of amides is 1. The average molecular weight is 232 g/mol. The minimum absolute atomic E-state index is 0.0643. The summed E-state index contributed by atoms with van der Waals surface area (Å²) in [5.74, 6) is 0.0560. The van der Waals surface area contributed by atoms with Gasteiger partial charge in [0.15, 0.2) is 9.84 Å². The van der Waals surface area contributed by atoms with Crippen LogP contribution >= 0.6 is 0 Å². The third kappa shape index (κ3) is 2.15. The van der Waals surface area contributed by atoms with E-state index in [1.165, 1.54) is 0 Å². The van der Waals surface area contributed by atoms with Crippen LogP contribution in [-0.2, 0) is 14.6 Å². The van der Waals surface area contributed by atoms with Crippen molar-refractivity contribution in [2.45, 2.75) is 37.3 Å². The first-order valence-electron chi connectivity index (χ1n) is 5.22. The summed E-state index contributed by atoms with van der Waals surface area (Å²) in [5, 5.41) is 2.73. The maximum atomic E-state index is 11.7. The fourth-order valence-corrected chi connectivity index (χ4v) is 3.70. The summed E-state index contributed by atoms with van der Waals surface area (Å²) in [5.41, 5.74) is 5.10. The molecule has 6 heteroatoms. The fraction of sp³-hybridized carbons (Fsp3) is 0.889. The molecule has 1 saturated heterocycles. The summed E-state index contributed by atoms with van der Waals surface area (Å²) in [4.78, 5) is 11.7. The molecule has 1 amide bonds. The zero-order valence-corrected chi connectivity index (χ0v) is 9.35. The summed E-state index contributed by atoms with van der Waals surface area (Å²) in [7, 11) is -2.93.